The molecule has 4 fully saturated rings. The smallest absolute Gasteiger partial charge is 0.384 e. The second-order valence-corrected chi connectivity index (χ2v) is 16.5. The van der Waals surface area contributed by atoms with Crippen molar-refractivity contribution in [2.45, 2.75) is 100 Å². The highest BCUT2D eigenvalue weighted by Gasteiger charge is 2.41. The summed E-state index contributed by atoms with van der Waals surface area (Å²) in [6.45, 7) is 3.22. The average Bonchev–Trinajstić information content (AvgIpc) is 4.19. The van der Waals surface area contributed by atoms with E-state index in [0.29, 0.717) is 47.5 Å². The summed E-state index contributed by atoms with van der Waals surface area (Å²) in [5.41, 5.74) is 9.58. The van der Waals surface area contributed by atoms with E-state index in [1.165, 1.54) is 35.4 Å². The minimum atomic E-state index is -4.41. The Morgan fingerprint density at radius 3 is 1.85 bits per heavy atom. The fourth-order valence-electron chi connectivity index (χ4n) is 8.03. The van der Waals surface area contributed by atoms with Crippen LogP contribution in [0.25, 0.3) is 0 Å². The SMILES string of the molecule is Nc1ccc(C2CC2)cn1.O=C(CCC(F)(F)F)c1ccc2c(n1)N(C(=O)Nc1ccc(C3CC3)cn1)[C@H]1CCN2C1.O=C(CCC(F)(F)F)c1ccc2c(n1)N[C@H]1CCN2C1. The normalized spacial score (nSPS) is 19.5. The van der Waals surface area contributed by atoms with Gasteiger partial charge in [0.05, 0.1) is 30.3 Å². The Morgan fingerprint density at radius 2 is 1.27 bits per heavy atom. The van der Waals surface area contributed by atoms with Crippen molar-refractivity contribution in [3.63, 3.8) is 0 Å². The molecule has 62 heavy (non-hydrogen) atoms. The number of rotatable bonds is 9. The number of urea groups is 1. The van der Waals surface area contributed by atoms with Gasteiger partial charge in [0.25, 0.3) is 0 Å². The minimum Gasteiger partial charge on any atom is -0.384 e. The Morgan fingerprint density at radius 1 is 0.694 bits per heavy atom. The predicted molar refractivity (Wildman–Crippen MR) is 221 cm³/mol. The monoisotopic (exact) mass is 864 g/mol. The van der Waals surface area contributed by atoms with Crippen molar-refractivity contribution in [3.8, 4) is 0 Å². The number of fused-ring (bicyclic) bond motifs is 8. The van der Waals surface area contributed by atoms with Crippen LogP contribution in [0.5, 0.6) is 0 Å². The number of nitrogens with two attached hydrogens (primary N) is 1. The lowest BCUT2D eigenvalue weighted by atomic mass is 10.1. The summed E-state index contributed by atoms with van der Waals surface area (Å²) in [5.74, 6) is 2.01. The van der Waals surface area contributed by atoms with Crippen LogP contribution >= 0.6 is 0 Å². The summed E-state index contributed by atoms with van der Waals surface area (Å²) >= 11 is 0. The fraction of sp³-hybridized carbons (Fsp3) is 0.465. The number of alkyl halides is 6. The molecular weight excluding hydrogens is 819 g/mol. The largest absolute Gasteiger partial charge is 0.389 e. The minimum absolute atomic E-state index is 0.0692. The molecule has 0 radical (unpaired) electrons. The molecule has 0 unspecified atom stereocenters. The first kappa shape index (κ1) is 42.7. The standard InChI is InChI=1S/C22H22F3N5O2.C13H14F3N3O.C8H10N2/c23-22(24,25)9-7-18(31)16-4-5-17-20(27-16)30(15-8-10-29(17)12-15)21(32)28-19-6-3-14(11-26-19)13-1-2-13;14-13(15,16)5-3-11(20)9-1-2-10-12(18-9)17-8-4-6-19(10)7-8;9-8-4-3-7(5-10-8)6-1-2-6/h3-6,11,13,15H,1-2,7-10,12H2,(H,26,28,32);1-2,8H,3-7H2,(H,17,18);3-6H,1-2H2,(H2,9,10)/t15-;8-;/m00./s1. The summed E-state index contributed by atoms with van der Waals surface area (Å²) in [7, 11) is 0. The first-order valence-electron chi connectivity index (χ1n) is 20.8. The summed E-state index contributed by atoms with van der Waals surface area (Å²) in [6, 6.07) is 13.8. The third-order valence-corrected chi connectivity index (χ3v) is 11.7. The zero-order chi connectivity index (χ0) is 43.8. The van der Waals surface area contributed by atoms with Crippen molar-refractivity contribution in [2.24, 2.45) is 0 Å². The van der Waals surface area contributed by atoms with Crippen LogP contribution in [0.4, 0.5) is 65.8 Å². The number of Topliss-reactive ketones (excluding diaryl/α,β-unsaturated/α-hetero) is 2. The molecule has 0 aromatic carbocycles. The molecule has 328 valence electrons. The molecule has 2 amide bonds. The van der Waals surface area contributed by atoms with Gasteiger partial charge in [-0.25, -0.2) is 24.7 Å². The molecule has 2 atom stereocenters. The quantitative estimate of drug-likeness (QED) is 0.109. The number of pyridine rings is 4. The molecule has 4 aromatic rings. The molecule has 0 spiro atoms. The van der Waals surface area contributed by atoms with Crippen LogP contribution in [0.2, 0.25) is 0 Å². The third kappa shape index (κ3) is 10.5. The number of hydrogen-bond donors (Lipinski definition) is 3. The number of hydrogen-bond acceptors (Lipinski definition) is 11. The Bertz CT molecular complexity index is 2280. The van der Waals surface area contributed by atoms with Gasteiger partial charge in [-0.1, -0.05) is 12.1 Å². The molecule has 4 aliphatic heterocycles. The van der Waals surface area contributed by atoms with E-state index >= 15 is 0 Å². The highest BCUT2D eigenvalue weighted by atomic mass is 19.4. The van der Waals surface area contributed by atoms with Crippen LogP contribution in [-0.4, -0.2) is 88.1 Å². The van der Waals surface area contributed by atoms with Crippen LogP contribution in [0.3, 0.4) is 0 Å². The number of amides is 2. The van der Waals surface area contributed by atoms with E-state index < -0.39 is 55.6 Å². The molecule has 19 heteroatoms. The Balaban J connectivity index is 0.000000148. The molecule has 4 aromatic heterocycles. The van der Waals surface area contributed by atoms with Gasteiger partial charge in [-0.3, -0.25) is 19.8 Å². The number of aromatic nitrogens is 4. The van der Waals surface area contributed by atoms with E-state index in [2.05, 4.69) is 46.4 Å². The molecule has 2 saturated heterocycles. The van der Waals surface area contributed by atoms with Gasteiger partial charge < -0.3 is 20.9 Å². The van der Waals surface area contributed by atoms with Gasteiger partial charge in [0.15, 0.2) is 23.2 Å². The first-order valence-corrected chi connectivity index (χ1v) is 20.8. The number of halogens is 6. The number of nitrogens with one attached hydrogen (secondary N) is 2. The highest BCUT2D eigenvalue weighted by Crippen LogP contribution is 2.42. The Kier molecular flexibility index (Phi) is 12.0. The molecule has 4 N–H and O–H groups in total. The van der Waals surface area contributed by atoms with E-state index in [1.807, 2.05) is 18.3 Å². The zero-order valence-electron chi connectivity index (χ0n) is 33.7. The van der Waals surface area contributed by atoms with Crippen molar-refractivity contribution in [1.82, 2.24) is 19.9 Å². The zero-order valence-corrected chi connectivity index (χ0v) is 33.7. The fourth-order valence-corrected chi connectivity index (χ4v) is 8.03. The molecule has 4 bridgehead atoms. The second-order valence-electron chi connectivity index (χ2n) is 16.5. The number of anilines is 6. The number of ketones is 2. The Hall–Kier alpha value is -6.01. The van der Waals surface area contributed by atoms with E-state index in [-0.39, 0.29) is 17.4 Å². The van der Waals surface area contributed by atoms with Crippen LogP contribution in [0.1, 0.15) is 108 Å². The van der Waals surface area contributed by atoms with Gasteiger partial charge in [-0.05, 0) is 97.9 Å². The predicted octanol–water partition coefficient (Wildman–Crippen LogP) is 8.66. The van der Waals surface area contributed by atoms with Crippen molar-refractivity contribution in [1.29, 1.82) is 0 Å². The van der Waals surface area contributed by atoms with Gasteiger partial charge in [0, 0.05) is 57.5 Å². The van der Waals surface area contributed by atoms with E-state index in [0.717, 1.165) is 62.5 Å². The lowest BCUT2D eigenvalue weighted by Crippen LogP contribution is -2.48. The van der Waals surface area contributed by atoms with Crippen molar-refractivity contribution in [2.75, 3.05) is 57.2 Å². The topological polar surface area (TPSA) is 163 Å². The van der Waals surface area contributed by atoms with Crippen molar-refractivity contribution in [3.05, 3.63) is 83.4 Å². The maximum absolute atomic E-state index is 13.2. The third-order valence-electron chi connectivity index (χ3n) is 11.7. The van der Waals surface area contributed by atoms with Crippen LogP contribution < -0.4 is 31.1 Å². The lowest BCUT2D eigenvalue weighted by molar-refractivity contribution is -0.134. The van der Waals surface area contributed by atoms with E-state index in [9.17, 15) is 40.7 Å². The van der Waals surface area contributed by atoms with Crippen molar-refractivity contribution < 1.29 is 40.7 Å². The molecule has 2 aliphatic carbocycles. The van der Waals surface area contributed by atoms with Crippen molar-refractivity contribution >= 4 is 52.2 Å². The molecule has 10 rings (SSSR count). The van der Waals surface area contributed by atoms with Crippen LogP contribution in [0.15, 0.2) is 60.9 Å². The van der Waals surface area contributed by atoms with Gasteiger partial charge in [-0.2, -0.15) is 26.3 Å². The highest BCUT2D eigenvalue weighted by molar-refractivity contribution is 6.05. The molecule has 6 aliphatic rings. The van der Waals surface area contributed by atoms with Gasteiger partial charge in [-0.15, -0.1) is 0 Å². The number of nitrogen functional groups attached to an aromatic ring is 1. The second kappa shape index (κ2) is 17.4. The number of nitrogens with zero attached hydrogens (tertiary/aromatic N) is 7. The number of carbonyl (C=O) groups is 3. The van der Waals surface area contributed by atoms with Crippen LogP contribution in [0, 0.1) is 0 Å². The average molecular weight is 865 g/mol. The summed E-state index contributed by atoms with van der Waals surface area (Å²) in [6.07, 6.45) is -1.90. The summed E-state index contributed by atoms with van der Waals surface area (Å²) in [5, 5.41) is 6.03. The summed E-state index contributed by atoms with van der Waals surface area (Å²) < 4.78 is 73.9. The number of carbonyl (C=O) groups excluding carboxylic acids is 3. The Labute approximate surface area is 353 Å². The lowest BCUT2D eigenvalue weighted by Gasteiger charge is -2.35. The summed E-state index contributed by atoms with van der Waals surface area (Å²) in [4.78, 5) is 59.9. The molecule has 8 heterocycles. The molecular formula is C43H46F6N10O3. The first-order chi connectivity index (χ1) is 29.6. The maximum atomic E-state index is 13.2. The van der Waals surface area contributed by atoms with Gasteiger partial charge in [0.2, 0.25) is 0 Å². The molecule has 13 nitrogen and oxygen atoms in total. The van der Waals surface area contributed by atoms with Crippen LogP contribution in [-0.2, 0) is 0 Å². The van der Waals surface area contributed by atoms with E-state index in [1.54, 1.807) is 24.4 Å². The maximum Gasteiger partial charge on any atom is 0.389 e. The van der Waals surface area contributed by atoms with E-state index in [4.69, 9.17) is 5.73 Å². The molecule has 2 saturated carbocycles. The van der Waals surface area contributed by atoms with Gasteiger partial charge in [0.1, 0.15) is 23.0 Å². The van der Waals surface area contributed by atoms with Gasteiger partial charge >= 0.3 is 18.4 Å².